The summed E-state index contributed by atoms with van der Waals surface area (Å²) in [5.74, 6) is 0.790. The molecule has 0 aliphatic carbocycles. The van der Waals surface area contributed by atoms with Gasteiger partial charge in [-0.3, -0.25) is 4.79 Å². The van der Waals surface area contributed by atoms with Crippen molar-refractivity contribution >= 4 is 49.2 Å². The fourth-order valence-electron chi connectivity index (χ4n) is 3.57. The second kappa shape index (κ2) is 10.1. The summed E-state index contributed by atoms with van der Waals surface area (Å²) < 4.78 is 6.43. The number of aryl methyl sites for hydroxylation is 1. The number of aromatic nitrogens is 2. The van der Waals surface area contributed by atoms with Crippen LogP contribution in [0.1, 0.15) is 22.2 Å². The number of halogens is 1. The summed E-state index contributed by atoms with van der Waals surface area (Å²) in [4.78, 5) is 28.0. The number of fused-ring (bicyclic) bond motifs is 1. The van der Waals surface area contributed by atoms with Gasteiger partial charge in [0.15, 0.2) is 0 Å². The van der Waals surface area contributed by atoms with Crippen LogP contribution in [0.4, 0.5) is 5.82 Å². The summed E-state index contributed by atoms with van der Waals surface area (Å²) in [6.45, 7) is 4.08. The molecule has 8 nitrogen and oxygen atoms in total. The SMILES string of the molecule is CCc1cc2c(N3CCN(C(=O)c4cccc(Br)c4)CC3)nc(OC[C@H](O)CO)nc2s1. The summed E-state index contributed by atoms with van der Waals surface area (Å²) in [7, 11) is 0. The molecule has 3 aromatic rings. The first-order valence-corrected chi connectivity index (χ1v) is 12.1. The van der Waals surface area contributed by atoms with Crippen molar-refractivity contribution in [1.82, 2.24) is 14.9 Å². The number of nitrogens with zero attached hydrogens (tertiary/aromatic N) is 4. The number of aliphatic hydroxyl groups excluding tert-OH is 2. The normalized spacial score (nSPS) is 15.2. The zero-order valence-corrected chi connectivity index (χ0v) is 20.1. The molecule has 1 aliphatic rings. The molecule has 1 fully saturated rings. The molecule has 0 saturated carbocycles. The lowest BCUT2D eigenvalue weighted by Crippen LogP contribution is -2.49. The predicted molar refractivity (Wildman–Crippen MR) is 128 cm³/mol. The fourth-order valence-corrected chi connectivity index (χ4v) is 4.92. The van der Waals surface area contributed by atoms with Crippen molar-refractivity contribution in [2.24, 2.45) is 0 Å². The molecule has 0 bridgehead atoms. The van der Waals surface area contributed by atoms with Crippen LogP contribution in [0.3, 0.4) is 0 Å². The van der Waals surface area contributed by atoms with Gasteiger partial charge in [-0.2, -0.15) is 9.97 Å². The van der Waals surface area contributed by atoms with Crippen molar-refractivity contribution < 1.29 is 19.7 Å². The minimum Gasteiger partial charge on any atom is -0.461 e. The standard InChI is InChI=1S/C22H25BrN4O4S/c1-2-17-11-18-19(24-22(25-20(18)32-17)31-13-16(29)12-28)26-6-8-27(9-7-26)21(30)14-4-3-5-15(23)10-14/h3-5,10-11,16,28-29H,2,6-9,12-13H2,1H3/t16-/m1/s1. The summed E-state index contributed by atoms with van der Waals surface area (Å²) in [6.07, 6.45) is -0.0886. The maximum absolute atomic E-state index is 12.9. The molecular weight excluding hydrogens is 496 g/mol. The van der Waals surface area contributed by atoms with Crippen molar-refractivity contribution in [3.05, 3.63) is 45.2 Å². The molecule has 1 aromatic carbocycles. The molecule has 170 valence electrons. The average Bonchev–Trinajstić information content (AvgIpc) is 3.25. The van der Waals surface area contributed by atoms with Gasteiger partial charge in [-0.05, 0) is 30.7 Å². The molecule has 32 heavy (non-hydrogen) atoms. The highest BCUT2D eigenvalue weighted by atomic mass is 79.9. The van der Waals surface area contributed by atoms with Gasteiger partial charge in [0.25, 0.3) is 5.91 Å². The minimum absolute atomic E-state index is 0.0181. The Bertz CT molecular complexity index is 1100. The summed E-state index contributed by atoms with van der Waals surface area (Å²) in [6, 6.07) is 9.72. The summed E-state index contributed by atoms with van der Waals surface area (Å²) in [5.41, 5.74) is 0.667. The lowest BCUT2D eigenvalue weighted by atomic mass is 10.2. The van der Waals surface area contributed by atoms with E-state index in [1.807, 2.05) is 29.2 Å². The first kappa shape index (κ1) is 22.9. The number of aliphatic hydroxyl groups is 2. The third-order valence-electron chi connectivity index (χ3n) is 5.31. The van der Waals surface area contributed by atoms with Crippen molar-refractivity contribution in [2.45, 2.75) is 19.4 Å². The van der Waals surface area contributed by atoms with Crippen molar-refractivity contribution in [1.29, 1.82) is 0 Å². The number of carbonyl (C=O) groups excluding carboxylic acids is 1. The van der Waals surface area contributed by atoms with Crippen LogP contribution in [0.2, 0.25) is 0 Å². The molecule has 2 aromatic heterocycles. The van der Waals surface area contributed by atoms with Gasteiger partial charge in [0.05, 0.1) is 12.0 Å². The van der Waals surface area contributed by atoms with E-state index in [1.165, 1.54) is 4.88 Å². The molecule has 1 aliphatic heterocycles. The van der Waals surface area contributed by atoms with Crippen LogP contribution in [0.25, 0.3) is 10.2 Å². The Morgan fingerprint density at radius 3 is 2.72 bits per heavy atom. The van der Waals surface area contributed by atoms with Crippen LogP contribution in [0.5, 0.6) is 6.01 Å². The van der Waals surface area contributed by atoms with E-state index in [0.29, 0.717) is 31.7 Å². The number of thiophene rings is 1. The van der Waals surface area contributed by atoms with Gasteiger partial charge in [-0.1, -0.05) is 28.9 Å². The van der Waals surface area contributed by atoms with Gasteiger partial charge in [-0.25, -0.2) is 0 Å². The average molecular weight is 521 g/mol. The van der Waals surface area contributed by atoms with Crippen LogP contribution >= 0.6 is 27.3 Å². The summed E-state index contributed by atoms with van der Waals surface area (Å²) >= 11 is 5.02. The molecule has 1 atom stereocenters. The van der Waals surface area contributed by atoms with E-state index in [9.17, 15) is 9.90 Å². The van der Waals surface area contributed by atoms with E-state index in [-0.39, 0.29) is 25.1 Å². The number of hydrogen-bond donors (Lipinski definition) is 2. The van der Waals surface area contributed by atoms with E-state index in [0.717, 1.165) is 26.9 Å². The molecule has 0 unspecified atom stereocenters. The van der Waals surface area contributed by atoms with E-state index < -0.39 is 6.10 Å². The van der Waals surface area contributed by atoms with Gasteiger partial charge in [-0.15, -0.1) is 11.3 Å². The van der Waals surface area contributed by atoms with Gasteiger partial charge >= 0.3 is 6.01 Å². The Morgan fingerprint density at radius 1 is 1.25 bits per heavy atom. The van der Waals surface area contributed by atoms with Crippen molar-refractivity contribution in [3.63, 3.8) is 0 Å². The molecule has 3 heterocycles. The highest BCUT2D eigenvalue weighted by Gasteiger charge is 2.25. The lowest BCUT2D eigenvalue weighted by molar-refractivity contribution is 0.0506. The fraction of sp³-hybridized carbons (Fsp3) is 0.409. The van der Waals surface area contributed by atoms with E-state index in [1.54, 1.807) is 11.3 Å². The third-order valence-corrected chi connectivity index (χ3v) is 6.97. The Kier molecular flexibility index (Phi) is 7.24. The molecule has 0 spiro atoms. The number of amides is 1. The van der Waals surface area contributed by atoms with Gasteiger partial charge in [0.2, 0.25) is 0 Å². The van der Waals surface area contributed by atoms with Crippen LogP contribution in [0, 0.1) is 0 Å². The van der Waals surface area contributed by atoms with Crippen LogP contribution in [0.15, 0.2) is 34.8 Å². The van der Waals surface area contributed by atoms with E-state index >= 15 is 0 Å². The van der Waals surface area contributed by atoms with Crippen molar-refractivity contribution in [3.8, 4) is 6.01 Å². The van der Waals surface area contributed by atoms with Crippen molar-refractivity contribution in [2.75, 3.05) is 44.3 Å². The molecule has 1 amide bonds. The number of rotatable bonds is 7. The molecule has 0 radical (unpaired) electrons. The number of piperazine rings is 1. The van der Waals surface area contributed by atoms with Gasteiger partial charge in [0, 0.05) is 41.1 Å². The second-order valence-electron chi connectivity index (χ2n) is 7.55. The van der Waals surface area contributed by atoms with Crippen LogP contribution in [-0.4, -0.2) is 76.5 Å². The molecule has 4 rings (SSSR count). The number of anilines is 1. The topological polar surface area (TPSA) is 99.0 Å². The number of ether oxygens (including phenoxy) is 1. The molecule has 1 saturated heterocycles. The predicted octanol–water partition coefficient (Wildman–Crippen LogP) is 2.71. The van der Waals surface area contributed by atoms with Crippen LogP contribution < -0.4 is 9.64 Å². The maximum atomic E-state index is 12.9. The van der Waals surface area contributed by atoms with Gasteiger partial charge < -0.3 is 24.7 Å². The smallest absolute Gasteiger partial charge is 0.319 e. The minimum atomic E-state index is -0.986. The first-order chi connectivity index (χ1) is 15.5. The number of carbonyl (C=O) groups is 1. The highest BCUT2D eigenvalue weighted by Crippen LogP contribution is 2.33. The highest BCUT2D eigenvalue weighted by molar-refractivity contribution is 9.10. The number of hydrogen-bond acceptors (Lipinski definition) is 8. The molecule has 2 N–H and O–H groups in total. The maximum Gasteiger partial charge on any atom is 0.319 e. The quantitative estimate of drug-likeness (QED) is 0.494. The monoisotopic (exact) mass is 520 g/mol. The lowest BCUT2D eigenvalue weighted by Gasteiger charge is -2.35. The molecular formula is C22H25BrN4O4S. The van der Waals surface area contributed by atoms with E-state index in [4.69, 9.17) is 9.84 Å². The number of benzene rings is 1. The Labute approximate surface area is 198 Å². The van der Waals surface area contributed by atoms with E-state index in [2.05, 4.69) is 43.8 Å². The summed E-state index contributed by atoms with van der Waals surface area (Å²) in [5, 5.41) is 19.6. The second-order valence-corrected chi connectivity index (χ2v) is 9.58. The zero-order chi connectivity index (χ0) is 22.7. The Balaban J connectivity index is 1.53. The Hall–Kier alpha value is -2.27. The first-order valence-electron chi connectivity index (χ1n) is 10.5. The molecule has 10 heteroatoms. The third kappa shape index (κ3) is 5.03. The van der Waals surface area contributed by atoms with Gasteiger partial charge in [0.1, 0.15) is 23.4 Å². The largest absolute Gasteiger partial charge is 0.461 e. The Morgan fingerprint density at radius 2 is 2.03 bits per heavy atom. The zero-order valence-electron chi connectivity index (χ0n) is 17.7. The van der Waals surface area contributed by atoms with Crippen LogP contribution in [-0.2, 0) is 6.42 Å².